The molecule has 0 aliphatic rings. The van der Waals surface area contributed by atoms with Crippen LogP contribution >= 0.6 is 23.1 Å². The summed E-state index contributed by atoms with van der Waals surface area (Å²) in [6.07, 6.45) is 5.15. The van der Waals surface area contributed by atoms with Gasteiger partial charge in [-0.1, -0.05) is 53.7 Å². The third-order valence-corrected chi connectivity index (χ3v) is 5.79. The molecule has 5 nitrogen and oxygen atoms in total. The second-order valence-corrected chi connectivity index (χ2v) is 8.06. The van der Waals surface area contributed by atoms with E-state index in [0.29, 0.717) is 18.9 Å². The monoisotopic (exact) mass is 410 g/mol. The number of allylic oxidation sites excluding steroid dienone is 1. The van der Waals surface area contributed by atoms with Gasteiger partial charge in [0.1, 0.15) is 0 Å². The molecule has 1 aromatic carbocycles. The van der Waals surface area contributed by atoms with Crippen LogP contribution in [-0.4, -0.2) is 20.7 Å². The lowest BCUT2D eigenvalue weighted by Crippen LogP contribution is -2.22. The van der Waals surface area contributed by atoms with Gasteiger partial charge in [0.05, 0.1) is 6.54 Å². The molecule has 0 unspecified atom stereocenters. The van der Waals surface area contributed by atoms with Gasteiger partial charge in [-0.05, 0) is 30.0 Å². The van der Waals surface area contributed by atoms with Gasteiger partial charge in [-0.3, -0.25) is 4.79 Å². The molecule has 144 valence electrons. The zero-order valence-corrected chi connectivity index (χ0v) is 17.3. The van der Waals surface area contributed by atoms with Gasteiger partial charge in [0.2, 0.25) is 5.91 Å². The lowest BCUT2D eigenvalue weighted by Gasteiger charge is -2.08. The second kappa shape index (κ2) is 10.1. The Morgan fingerprint density at radius 2 is 2.21 bits per heavy atom. The first kappa shape index (κ1) is 20.1. The third kappa shape index (κ3) is 5.68. The van der Waals surface area contributed by atoms with Crippen molar-refractivity contribution in [2.45, 2.75) is 30.9 Å². The summed E-state index contributed by atoms with van der Waals surface area (Å²) in [4.78, 5) is 13.1. The first-order valence-electron chi connectivity index (χ1n) is 8.86. The molecule has 2 heterocycles. The van der Waals surface area contributed by atoms with Crippen molar-refractivity contribution in [1.82, 2.24) is 20.1 Å². The van der Waals surface area contributed by atoms with Gasteiger partial charge in [0.15, 0.2) is 11.0 Å². The van der Waals surface area contributed by atoms with Crippen LogP contribution in [0.5, 0.6) is 0 Å². The highest BCUT2D eigenvalue weighted by Gasteiger charge is 2.12. The van der Waals surface area contributed by atoms with Crippen LogP contribution < -0.4 is 5.32 Å². The van der Waals surface area contributed by atoms with Crippen LogP contribution in [-0.2, 0) is 23.6 Å². The maximum atomic E-state index is 12.1. The molecule has 3 rings (SSSR count). The number of thiophene rings is 1. The summed E-state index contributed by atoms with van der Waals surface area (Å²) in [6.45, 7) is 6.82. The molecule has 0 aliphatic carbocycles. The fourth-order valence-electron chi connectivity index (χ4n) is 2.59. The molecule has 0 spiro atoms. The van der Waals surface area contributed by atoms with Crippen molar-refractivity contribution in [1.29, 1.82) is 0 Å². The van der Waals surface area contributed by atoms with E-state index in [9.17, 15) is 4.79 Å². The van der Waals surface area contributed by atoms with E-state index >= 15 is 0 Å². The van der Waals surface area contributed by atoms with Crippen molar-refractivity contribution in [2.24, 2.45) is 0 Å². The topological polar surface area (TPSA) is 59.8 Å². The third-order valence-electron chi connectivity index (χ3n) is 3.92. The number of carbonyl (C=O) groups is 1. The molecule has 0 bridgehead atoms. The molecule has 0 saturated carbocycles. The Kier molecular flexibility index (Phi) is 7.22. The van der Waals surface area contributed by atoms with E-state index < -0.39 is 0 Å². The van der Waals surface area contributed by atoms with E-state index in [4.69, 9.17) is 0 Å². The largest absolute Gasteiger partial charge is 0.345 e. The average molecular weight is 411 g/mol. The van der Waals surface area contributed by atoms with E-state index in [1.165, 1.54) is 17.2 Å². The van der Waals surface area contributed by atoms with Crippen LogP contribution in [0.2, 0.25) is 0 Å². The SMILES string of the molecule is C=CCn1c(CNC(=O)/C=C/c2cccs2)nnc1SCc1cccc(C)c1. The molecule has 2 aromatic heterocycles. The van der Waals surface area contributed by atoms with E-state index in [0.717, 1.165) is 15.8 Å². The Labute approximate surface area is 173 Å². The van der Waals surface area contributed by atoms with Crippen molar-refractivity contribution in [3.8, 4) is 0 Å². The van der Waals surface area contributed by atoms with Crippen molar-refractivity contribution < 1.29 is 4.79 Å². The summed E-state index contributed by atoms with van der Waals surface area (Å²) in [5.74, 6) is 1.37. The Hall–Kier alpha value is -2.64. The van der Waals surface area contributed by atoms with Gasteiger partial charge in [-0.15, -0.1) is 28.1 Å². The van der Waals surface area contributed by atoms with Crippen molar-refractivity contribution in [3.05, 3.63) is 82.3 Å². The predicted octanol–water partition coefficient (Wildman–Crippen LogP) is 4.46. The predicted molar refractivity (Wildman–Crippen MR) is 116 cm³/mol. The van der Waals surface area contributed by atoms with Gasteiger partial charge in [0, 0.05) is 23.3 Å². The molecule has 0 radical (unpaired) electrons. The minimum absolute atomic E-state index is 0.157. The van der Waals surface area contributed by atoms with Crippen LogP contribution in [0.3, 0.4) is 0 Å². The van der Waals surface area contributed by atoms with E-state index in [-0.39, 0.29) is 5.91 Å². The summed E-state index contributed by atoms with van der Waals surface area (Å²) in [6, 6.07) is 12.3. The number of hydrogen-bond donors (Lipinski definition) is 1. The van der Waals surface area contributed by atoms with Crippen LogP contribution in [0.25, 0.3) is 6.08 Å². The summed E-state index contributed by atoms with van der Waals surface area (Å²) in [7, 11) is 0. The number of aryl methyl sites for hydroxylation is 1. The lowest BCUT2D eigenvalue weighted by molar-refractivity contribution is -0.116. The number of nitrogens with zero attached hydrogens (tertiary/aromatic N) is 3. The van der Waals surface area contributed by atoms with Gasteiger partial charge in [-0.2, -0.15) is 0 Å². The van der Waals surface area contributed by atoms with Crippen molar-refractivity contribution >= 4 is 35.1 Å². The molecule has 0 fully saturated rings. The number of amides is 1. The van der Waals surface area contributed by atoms with Crippen LogP contribution in [0.15, 0.2) is 65.7 Å². The van der Waals surface area contributed by atoms with E-state index in [2.05, 4.69) is 53.3 Å². The smallest absolute Gasteiger partial charge is 0.244 e. The second-order valence-electron chi connectivity index (χ2n) is 6.14. The summed E-state index contributed by atoms with van der Waals surface area (Å²) >= 11 is 3.22. The molecule has 28 heavy (non-hydrogen) atoms. The quantitative estimate of drug-likeness (QED) is 0.321. The number of thioether (sulfide) groups is 1. The molecule has 7 heteroatoms. The minimum Gasteiger partial charge on any atom is -0.345 e. The average Bonchev–Trinajstić information content (AvgIpc) is 3.34. The zero-order chi connectivity index (χ0) is 19.8. The first-order chi connectivity index (χ1) is 13.7. The van der Waals surface area contributed by atoms with E-state index in [1.807, 2.05) is 28.2 Å². The fraction of sp³-hybridized carbons (Fsp3) is 0.190. The van der Waals surface area contributed by atoms with Crippen molar-refractivity contribution in [2.75, 3.05) is 0 Å². The maximum absolute atomic E-state index is 12.1. The zero-order valence-electron chi connectivity index (χ0n) is 15.7. The highest BCUT2D eigenvalue weighted by molar-refractivity contribution is 7.98. The van der Waals surface area contributed by atoms with E-state index in [1.54, 1.807) is 29.2 Å². The Bertz CT molecular complexity index is 961. The molecule has 3 aromatic rings. The highest BCUT2D eigenvalue weighted by Crippen LogP contribution is 2.22. The normalized spacial score (nSPS) is 11.0. The standard InChI is InChI=1S/C21H22N4OS2/c1-3-11-25-19(14-22-20(26)10-9-18-8-5-12-27-18)23-24-21(25)28-15-17-7-4-6-16(2)13-17/h3-10,12-13H,1,11,14-15H2,2H3,(H,22,26)/b10-9+. The summed E-state index contributed by atoms with van der Waals surface area (Å²) in [5.41, 5.74) is 2.48. The number of aromatic nitrogens is 3. The van der Waals surface area contributed by atoms with Gasteiger partial charge in [-0.25, -0.2) is 0 Å². The molecule has 0 aliphatic heterocycles. The fourth-order valence-corrected chi connectivity index (χ4v) is 4.12. The summed E-state index contributed by atoms with van der Waals surface area (Å²) < 4.78 is 1.98. The summed E-state index contributed by atoms with van der Waals surface area (Å²) in [5, 5.41) is 14.2. The van der Waals surface area contributed by atoms with Crippen molar-refractivity contribution in [3.63, 3.8) is 0 Å². The lowest BCUT2D eigenvalue weighted by atomic mass is 10.2. The number of nitrogens with one attached hydrogen (secondary N) is 1. The van der Waals surface area contributed by atoms with Crippen LogP contribution in [0.1, 0.15) is 21.8 Å². The molecule has 0 saturated heterocycles. The Balaban J connectivity index is 1.61. The van der Waals surface area contributed by atoms with Gasteiger partial charge < -0.3 is 9.88 Å². The van der Waals surface area contributed by atoms with Gasteiger partial charge in [0.25, 0.3) is 0 Å². The molecule has 1 N–H and O–H groups in total. The highest BCUT2D eigenvalue weighted by atomic mass is 32.2. The Morgan fingerprint density at radius 1 is 1.32 bits per heavy atom. The first-order valence-corrected chi connectivity index (χ1v) is 10.7. The molecular weight excluding hydrogens is 388 g/mol. The number of carbonyl (C=O) groups excluding carboxylic acids is 1. The van der Waals surface area contributed by atoms with Gasteiger partial charge >= 0.3 is 0 Å². The molecule has 1 amide bonds. The molecule has 0 atom stereocenters. The van der Waals surface area contributed by atoms with Crippen LogP contribution in [0, 0.1) is 6.92 Å². The minimum atomic E-state index is -0.157. The number of rotatable bonds is 9. The Morgan fingerprint density at radius 3 is 2.96 bits per heavy atom. The number of hydrogen-bond acceptors (Lipinski definition) is 5. The van der Waals surface area contributed by atoms with Crippen LogP contribution in [0.4, 0.5) is 0 Å². The number of benzene rings is 1. The molecular formula is C21H22N4OS2. The maximum Gasteiger partial charge on any atom is 0.244 e.